The van der Waals surface area contributed by atoms with Gasteiger partial charge in [0.05, 0.1) is 12.3 Å². The molecular formula is C22H40N2O6. The molecule has 6 N–H and O–H groups in total. The molecule has 8 heteroatoms. The Balaban J connectivity index is 4.44. The summed E-state index contributed by atoms with van der Waals surface area (Å²) in [4.78, 5) is 45.7. The maximum atomic E-state index is 11.9. The molecule has 0 aromatic carbocycles. The van der Waals surface area contributed by atoms with Crippen LogP contribution in [0.5, 0.6) is 0 Å². The number of aliphatic carboxylic acids is 2. The lowest BCUT2D eigenvalue weighted by atomic mass is 9.82. The number of hydrogen-bond donors (Lipinski definition) is 4. The SMILES string of the molecule is CCCCCCCCCCC(C(N)=O)C(CCCCC(CC(=O)O)C(=O)O)C(N)=O. The van der Waals surface area contributed by atoms with E-state index in [2.05, 4.69) is 6.92 Å². The first-order chi connectivity index (χ1) is 14.2. The van der Waals surface area contributed by atoms with E-state index in [0.717, 1.165) is 19.3 Å². The van der Waals surface area contributed by atoms with Gasteiger partial charge in [-0.25, -0.2) is 0 Å². The van der Waals surface area contributed by atoms with Gasteiger partial charge in [-0.3, -0.25) is 19.2 Å². The first-order valence-electron chi connectivity index (χ1n) is 11.2. The zero-order valence-electron chi connectivity index (χ0n) is 18.3. The molecule has 8 nitrogen and oxygen atoms in total. The largest absolute Gasteiger partial charge is 0.481 e. The molecule has 174 valence electrons. The van der Waals surface area contributed by atoms with Crippen molar-refractivity contribution in [2.75, 3.05) is 0 Å². The Morgan fingerprint density at radius 1 is 0.667 bits per heavy atom. The van der Waals surface area contributed by atoms with E-state index >= 15 is 0 Å². The topological polar surface area (TPSA) is 161 Å². The minimum absolute atomic E-state index is 0.201. The van der Waals surface area contributed by atoms with Crippen LogP contribution < -0.4 is 11.5 Å². The van der Waals surface area contributed by atoms with Gasteiger partial charge in [-0.1, -0.05) is 71.1 Å². The molecule has 0 saturated heterocycles. The molecule has 0 aromatic heterocycles. The molecule has 0 radical (unpaired) electrons. The Morgan fingerprint density at radius 3 is 1.47 bits per heavy atom. The third kappa shape index (κ3) is 13.2. The van der Waals surface area contributed by atoms with Crippen molar-refractivity contribution in [3.05, 3.63) is 0 Å². The van der Waals surface area contributed by atoms with Gasteiger partial charge in [0, 0.05) is 11.8 Å². The van der Waals surface area contributed by atoms with E-state index in [4.69, 9.17) is 21.7 Å². The summed E-state index contributed by atoms with van der Waals surface area (Å²) < 4.78 is 0. The maximum absolute atomic E-state index is 11.9. The van der Waals surface area contributed by atoms with Crippen molar-refractivity contribution in [2.24, 2.45) is 29.2 Å². The quantitative estimate of drug-likeness (QED) is 0.217. The Labute approximate surface area is 179 Å². The van der Waals surface area contributed by atoms with Crippen molar-refractivity contribution in [2.45, 2.75) is 96.8 Å². The van der Waals surface area contributed by atoms with E-state index in [-0.39, 0.29) is 6.42 Å². The van der Waals surface area contributed by atoms with Crippen LogP contribution in [-0.4, -0.2) is 34.0 Å². The average molecular weight is 429 g/mol. The van der Waals surface area contributed by atoms with Gasteiger partial charge in [0.15, 0.2) is 0 Å². The molecule has 0 saturated carbocycles. The molecule has 0 spiro atoms. The van der Waals surface area contributed by atoms with Crippen LogP contribution in [0, 0.1) is 17.8 Å². The van der Waals surface area contributed by atoms with E-state index in [0.29, 0.717) is 25.7 Å². The van der Waals surface area contributed by atoms with Crippen LogP contribution in [0.4, 0.5) is 0 Å². The first-order valence-corrected chi connectivity index (χ1v) is 11.2. The summed E-state index contributed by atoms with van der Waals surface area (Å²) in [6.07, 6.45) is 10.6. The van der Waals surface area contributed by atoms with Crippen molar-refractivity contribution in [3.8, 4) is 0 Å². The van der Waals surface area contributed by atoms with Crippen LogP contribution in [0.1, 0.15) is 96.8 Å². The summed E-state index contributed by atoms with van der Waals surface area (Å²) in [7, 11) is 0. The van der Waals surface area contributed by atoms with Gasteiger partial charge in [0.1, 0.15) is 0 Å². The van der Waals surface area contributed by atoms with E-state index in [1.807, 2.05) is 0 Å². The second kappa shape index (κ2) is 16.7. The smallest absolute Gasteiger partial charge is 0.307 e. The van der Waals surface area contributed by atoms with Gasteiger partial charge >= 0.3 is 11.9 Å². The van der Waals surface area contributed by atoms with E-state index in [9.17, 15) is 19.2 Å². The molecule has 0 bridgehead atoms. The van der Waals surface area contributed by atoms with Crippen molar-refractivity contribution < 1.29 is 29.4 Å². The Hall–Kier alpha value is -2.12. The number of carbonyl (C=O) groups is 4. The van der Waals surface area contributed by atoms with Crippen LogP contribution in [0.15, 0.2) is 0 Å². The Morgan fingerprint density at radius 2 is 1.07 bits per heavy atom. The number of primary amides is 2. The highest BCUT2D eigenvalue weighted by Gasteiger charge is 2.30. The monoisotopic (exact) mass is 428 g/mol. The van der Waals surface area contributed by atoms with Gasteiger partial charge in [-0.2, -0.15) is 0 Å². The number of carboxylic acid groups (broad SMARTS) is 2. The highest BCUT2D eigenvalue weighted by Crippen LogP contribution is 2.26. The molecule has 3 unspecified atom stereocenters. The Bertz CT molecular complexity index is 538. The predicted octanol–water partition coefficient (Wildman–Crippen LogP) is 3.46. The second-order valence-electron chi connectivity index (χ2n) is 8.20. The molecule has 0 aliphatic carbocycles. The molecule has 2 amide bonds. The summed E-state index contributed by atoms with van der Waals surface area (Å²) in [6.45, 7) is 2.18. The van der Waals surface area contributed by atoms with Gasteiger partial charge in [-0.15, -0.1) is 0 Å². The first kappa shape index (κ1) is 27.9. The standard InChI is InChI=1S/C22H40N2O6/c1-2-3-4-5-6-7-8-9-13-17(20(23)27)18(21(24)28)14-11-10-12-16(22(29)30)15-19(25)26/h16-18H,2-15H2,1H3,(H2,23,27)(H2,24,28)(H,25,26)(H,29,30). The molecule has 0 aliphatic heterocycles. The summed E-state index contributed by atoms with van der Waals surface area (Å²) in [5.41, 5.74) is 11.0. The van der Waals surface area contributed by atoms with Crippen molar-refractivity contribution in [1.82, 2.24) is 0 Å². The normalized spacial score (nSPS) is 14.0. The number of unbranched alkanes of at least 4 members (excludes halogenated alkanes) is 8. The molecule has 0 rings (SSSR count). The van der Waals surface area contributed by atoms with E-state index in [1.54, 1.807) is 0 Å². The molecule has 0 fully saturated rings. The van der Waals surface area contributed by atoms with Gasteiger partial charge < -0.3 is 21.7 Å². The fraction of sp³-hybridized carbons (Fsp3) is 0.818. The number of amides is 2. The summed E-state index contributed by atoms with van der Waals surface area (Å²) in [5.74, 6) is -5.65. The minimum atomic E-state index is -1.16. The van der Waals surface area contributed by atoms with Crippen LogP contribution in [0.2, 0.25) is 0 Å². The summed E-state index contributed by atoms with van der Waals surface area (Å²) in [5, 5.41) is 17.9. The van der Waals surface area contributed by atoms with Gasteiger partial charge in [0.25, 0.3) is 0 Å². The second-order valence-corrected chi connectivity index (χ2v) is 8.20. The molecule has 0 aromatic rings. The van der Waals surface area contributed by atoms with Crippen LogP contribution in [0.3, 0.4) is 0 Å². The van der Waals surface area contributed by atoms with Crippen LogP contribution in [-0.2, 0) is 19.2 Å². The maximum Gasteiger partial charge on any atom is 0.307 e. The van der Waals surface area contributed by atoms with Crippen molar-refractivity contribution >= 4 is 23.8 Å². The lowest BCUT2D eigenvalue weighted by Gasteiger charge is -2.22. The third-order valence-electron chi connectivity index (χ3n) is 5.67. The predicted molar refractivity (Wildman–Crippen MR) is 114 cm³/mol. The number of carbonyl (C=O) groups excluding carboxylic acids is 2. The Kier molecular flexibility index (Phi) is 15.5. The number of hydrogen-bond acceptors (Lipinski definition) is 4. The third-order valence-corrected chi connectivity index (χ3v) is 5.67. The number of carboxylic acids is 2. The molecule has 0 heterocycles. The minimum Gasteiger partial charge on any atom is -0.481 e. The zero-order valence-corrected chi connectivity index (χ0v) is 18.3. The van der Waals surface area contributed by atoms with Crippen LogP contribution in [0.25, 0.3) is 0 Å². The fourth-order valence-corrected chi connectivity index (χ4v) is 3.86. The van der Waals surface area contributed by atoms with Crippen LogP contribution >= 0.6 is 0 Å². The zero-order chi connectivity index (χ0) is 22.9. The molecule has 3 atom stereocenters. The average Bonchev–Trinajstić information content (AvgIpc) is 2.65. The molecule has 0 aliphatic rings. The highest BCUT2D eigenvalue weighted by atomic mass is 16.4. The molecular weight excluding hydrogens is 388 g/mol. The highest BCUT2D eigenvalue weighted by molar-refractivity contribution is 5.86. The lowest BCUT2D eigenvalue weighted by Crippen LogP contribution is -2.37. The number of nitrogens with two attached hydrogens (primary N) is 2. The summed E-state index contributed by atoms with van der Waals surface area (Å²) >= 11 is 0. The van der Waals surface area contributed by atoms with Crippen molar-refractivity contribution in [1.29, 1.82) is 0 Å². The van der Waals surface area contributed by atoms with Gasteiger partial charge in [-0.05, 0) is 19.3 Å². The lowest BCUT2D eigenvalue weighted by molar-refractivity contribution is -0.148. The van der Waals surface area contributed by atoms with E-state index in [1.165, 1.54) is 32.1 Å². The molecule has 30 heavy (non-hydrogen) atoms. The number of rotatable bonds is 20. The van der Waals surface area contributed by atoms with Crippen molar-refractivity contribution in [3.63, 3.8) is 0 Å². The van der Waals surface area contributed by atoms with Gasteiger partial charge in [0.2, 0.25) is 11.8 Å². The summed E-state index contributed by atoms with van der Waals surface area (Å²) in [6, 6.07) is 0. The fourth-order valence-electron chi connectivity index (χ4n) is 3.86. The van der Waals surface area contributed by atoms with E-state index < -0.39 is 47.9 Å².